The Morgan fingerprint density at radius 3 is 2.05 bits per heavy atom. The molecular weight excluding hydrogens is 258 g/mol. The highest BCUT2D eigenvalue weighted by atomic mass is 16.3. The van der Waals surface area contributed by atoms with Gasteiger partial charge >= 0.3 is 0 Å². The van der Waals surface area contributed by atoms with Gasteiger partial charge in [0.05, 0.1) is 6.10 Å². The molecule has 3 atom stereocenters. The van der Waals surface area contributed by atoms with Crippen molar-refractivity contribution in [1.29, 1.82) is 0 Å². The van der Waals surface area contributed by atoms with Gasteiger partial charge in [-0.1, -0.05) is 71.2 Å². The van der Waals surface area contributed by atoms with E-state index in [0.29, 0.717) is 18.4 Å². The molecule has 0 fully saturated rings. The first-order chi connectivity index (χ1) is 10.0. The van der Waals surface area contributed by atoms with Crippen LogP contribution in [-0.4, -0.2) is 17.8 Å². The molecule has 0 aliphatic heterocycles. The third-order valence-corrected chi connectivity index (χ3v) is 4.63. The molecule has 21 heavy (non-hydrogen) atoms. The van der Waals surface area contributed by atoms with Crippen LogP contribution in [0.5, 0.6) is 0 Å². The van der Waals surface area contributed by atoms with Gasteiger partial charge in [-0.25, -0.2) is 0 Å². The number of hydrogen-bond acceptors (Lipinski definition) is 2. The van der Waals surface area contributed by atoms with E-state index in [9.17, 15) is 5.11 Å². The number of aliphatic hydroxyl groups is 1. The van der Waals surface area contributed by atoms with Crippen molar-refractivity contribution in [3.8, 4) is 0 Å². The lowest BCUT2D eigenvalue weighted by molar-refractivity contribution is 0.0743. The van der Waals surface area contributed by atoms with E-state index in [-0.39, 0.29) is 12.0 Å². The van der Waals surface area contributed by atoms with Gasteiger partial charge in [0.2, 0.25) is 0 Å². The van der Waals surface area contributed by atoms with E-state index in [1.54, 1.807) is 0 Å². The van der Waals surface area contributed by atoms with Crippen LogP contribution in [0.1, 0.15) is 76.3 Å². The molecule has 3 unspecified atom stereocenters. The second-order valence-electron chi connectivity index (χ2n) is 6.46. The number of benzene rings is 1. The van der Waals surface area contributed by atoms with Gasteiger partial charge in [0.15, 0.2) is 0 Å². The van der Waals surface area contributed by atoms with Gasteiger partial charge in [-0.15, -0.1) is 0 Å². The summed E-state index contributed by atoms with van der Waals surface area (Å²) < 4.78 is 0. The lowest BCUT2D eigenvalue weighted by Crippen LogP contribution is -2.32. The van der Waals surface area contributed by atoms with E-state index < -0.39 is 0 Å². The lowest BCUT2D eigenvalue weighted by atomic mass is 9.81. The van der Waals surface area contributed by atoms with Crippen LogP contribution in [-0.2, 0) is 0 Å². The minimum atomic E-state index is -0.337. The second-order valence-corrected chi connectivity index (χ2v) is 6.46. The molecule has 0 saturated heterocycles. The fourth-order valence-corrected chi connectivity index (χ4v) is 3.01. The Morgan fingerprint density at radius 1 is 1.05 bits per heavy atom. The van der Waals surface area contributed by atoms with Crippen molar-refractivity contribution in [3.05, 3.63) is 35.4 Å². The zero-order valence-electron chi connectivity index (χ0n) is 14.2. The van der Waals surface area contributed by atoms with Crippen LogP contribution < -0.4 is 5.73 Å². The van der Waals surface area contributed by atoms with E-state index in [4.69, 9.17) is 5.73 Å². The van der Waals surface area contributed by atoms with Gasteiger partial charge in [0.25, 0.3) is 0 Å². The topological polar surface area (TPSA) is 46.2 Å². The van der Waals surface area contributed by atoms with E-state index in [1.807, 2.05) is 0 Å². The highest BCUT2D eigenvalue weighted by Crippen LogP contribution is 2.29. The minimum Gasteiger partial charge on any atom is -0.392 e. The van der Waals surface area contributed by atoms with Gasteiger partial charge in [0.1, 0.15) is 0 Å². The maximum absolute atomic E-state index is 10.7. The molecular formula is C19H33NO. The average molecular weight is 291 g/mol. The quantitative estimate of drug-likeness (QED) is 0.707. The Balaban J connectivity index is 2.84. The summed E-state index contributed by atoms with van der Waals surface area (Å²) in [5, 5.41) is 10.7. The fraction of sp³-hybridized carbons (Fsp3) is 0.684. The number of aliphatic hydroxyl groups excluding tert-OH is 1. The number of unbranched alkanes of at least 4 members (excludes halogenated alkanes) is 1. The molecule has 120 valence electrons. The maximum Gasteiger partial charge on any atom is 0.0648 e. The van der Waals surface area contributed by atoms with Crippen molar-refractivity contribution in [2.45, 2.75) is 71.3 Å². The highest BCUT2D eigenvalue weighted by Gasteiger charge is 2.26. The van der Waals surface area contributed by atoms with Gasteiger partial charge in [-0.05, 0) is 29.4 Å². The van der Waals surface area contributed by atoms with Crippen LogP contribution in [0.15, 0.2) is 24.3 Å². The zero-order valence-corrected chi connectivity index (χ0v) is 14.2. The molecule has 3 N–H and O–H groups in total. The largest absolute Gasteiger partial charge is 0.392 e. The maximum atomic E-state index is 10.7. The van der Waals surface area contributed by atoms with Crippen LogP contribution in [0.4, 0.5) is 0 Å². The van der Waals surface area contributed by atoms with Crippen LogP contribution in [0.2, 0.25) is 0 Å². The summed E-state index contributed by atoms with van der Waals surface area (Å²) in [7, 11) is 0. The van der Waals surface area contributed by atoms with Crippen molar-refractivity contribution in [1.82, 2.24) is 0 Å². The van der Waals surface area contributed by atoms with Gasteiger partial charge in [-0.3, -0.25) is 0 Å². The summed E-state index contributed by atoms with van der Waals surface area (Å²) in [6, 6.07) is 8.62. The van der Waals surface area contributed by atoms with Crippen molar-refractivity contribution in [2.75, 3.05) is 6.54 Å². The first kappa shape index (κ1) is 18.2. The normalized spacial score (nSPS) is 16.0. The Morgan fingerprint density at radius 2 is 1.62 bits per heavy atom. The summed E-state index contributed by atoms with van der Waals surface area (Å²) in [5.41, 5.74) is 8.47. The predicted molar refractivity (Wildman–Crippen MR) is 91.6 cm³/mol. The van der Waals surface area contributed by atoms with Crippen LogP contribution in [0, 0.1) is 5.92 Å². The SMILES string of the molecule is CCCCC(CC)C(O)C(CN)c1ccc(C(C)C)cc1. The zero-order chi connectivity index (χ0) is 15.8. The highest BCUT2D eigenvalue weighted by molar-refractivity contribution is 5.28. The van der Waals surface area contributed by atoms with Crippen LogP contribution in [0.3, 0.4) is 0 Å². The van der Waals surface area contributed by atoms with Gasteiger partial charge in [-0.2, -0.15) is 0 Å². The molecule has 1 aromatic rings. The Kier molecular flexibility index (Phi) is 7.98. The van der Waals surface area contributed by atoms with Crippen molar-refractivity contribution in [3.63, 3.8) is 0 Å². The van der Waals surface area contributed by atoms with Crippen molar-refractivity contribution >= 4 is 0 Å². The molecule has 2 nitrogen and oxygen atoms in total. The summed E-state index contributed by atoms with van der Waals surface area (Å²) in [6.45, 7) is 9.26. The van der Waals surface area contributed by atoms with E-state index >= 15 is 0 Å². The number of hydrogen-bond donors (Lipinski definition) is 2. The molecule has 0 radical (unpaired) electrons. The van der Waals surface area contributed by atoms with E-state index in [1.165, 1.54) is 24.0 Å². The molecule has 0 heterocycles. The van der Waals surface area contributed by atoms with E-state index in [0.717, 1.165) is 12.8 Å². The molecule has 0 saturated carbocycles. The molecule has 0 spiro atoms. The first-order valence-electron chi connectivity index (χ1n) is 8.53. The average Bonchev–Trinajstić information content (AvgIpc) is 2.49. The second kappa shape index (κ2) is 9.22. The molecule has 0 aliphatic carbocycles. The Bertz CT molecular complexity index is 385. The summed E-state index contributed by atoms with van der Waals surface area (Å²) in [6.07, 6.45) is 4.13. The first-order valence-corrected chi connectivity index (χ1v) is 8.53. The molecule has 0 aliphatic rings. The molecule has 0 aromatic heterocycles. The minimum absolute atomic E-state index is 0.0491. The summed E-state index contributed by atoms with van der Waals surface area (Å²) in [4.78, 5) is 0. The Labute approximate surface area is 130 Å². The molecule has 1 rings (SSSR count). The van der Waals surface area contributed by atoms with Crippen molar-refractivity contribution in [2.24, 2.45) is 11.7 Å². The lowest BCUT2D eigenvalue weighted by Gasteiger charge is -2.29. The Hall–Kier alpha value is -0.860. The summed E-state index contributed by atoms with van der Waals surface area (Å²) >= 11 is 0. The third-order valence-electron chi connectivity index (χ3n) is 4.63. The molecule has 1 aromatic carbocycles. The molecule has 2 heteroatoms. The fourth-order valence-electron chi connectivity index (χ4n) is 3.01. The third kappa shape index (κ3) is 5.12. The monoisotopic (exact) mass is 291 g/mol. The van der Waals surface area contributed by atoms with Gasteiger partial charge < -0.3 is 10.8 Å². The molecule has 0 amide bonds. The smallest absolute Gasteiger partial charge is 0.0648 e. The predicted octanol–water partition coefficient (Wildman–Crippen LogP) is 4.43. The van der Waals surface area contributed by atoms with Gasteiger partial charge in [0, 0.05) is 12.5 Å². The number of nitrogens with two attached hydrogens (primary N) is 1. The standard InChI is InChI=1S/C19H33NO/c1-5-7-8-15(6-2)19(21)18(13-20)17-11-9-16(10-12-17)14(3)4/h9-12,14-15,18-19,21H,5-8,13,20H2,1-4H3. The number of rotatable bonds is 9. The van der Waals surface area contributed by atoms with Crippen LogP contribution in [0.25, 0.3) is 0 Å². The molecule has 0 bridgehead atoms. The van der Waals surface area contributed by atoms with Crippen molar-refractivity contribution < 1.29 is 5.11 Å². The summed E-state index contributed by atoms with van der Waals surface area (Å²) in [5.74, 6) is 0.935. The van der Waals surface area contributed by atoms with E-state index in [2.05, 4.69) is 52.0 Å². The van der Waals surface area contributed by atoms with Crippen LogP contribution >= 0.6 is 0 Å².